The molecule has 0 aromatic heterocycles. The van der Waals surface area contributed by atoms with Crippen molar-refractivity contribution in [3.05, 3.63) is 59.7 Å². The average molecular weight is 463 g/mol. The minimum Gasteiger partial charge on any atom is -0.508 e. The second-order valence-electron chi connectivity index (χ2n) is 7.17. The molecule has 1 saturated heterocycles. The Morgan fingerprint density at radius 3 is 2.59 bits per heavy atom. The van der Waals surface area contributed by atoms with Crippen LogP contribution in [0.4, 0.5) is 5.69 Å². The van der Waals surface area contributed by atoms with Crippen molar-refractivity contribution in [2.75, 3.05) is 11.4 Å². The zero-order valence-corrected chi connectivity index (χ0v) is 19.5. The largest absolute Gasteiger partial charge is 0.508 e. The molecule has 0 saturated carbocycles. The second kappa shape index (κ2) is 10.8. The number of nitrogens with zero attached hydrogens (tertiary/aromatic N) is 1. The predicted molar refractivity (Wildman–Crippen MR) is 108 cm³/mol. The van der Waals surface area contributed by atoms with Crippen molar-refractivity contribution >= 4 is 17.3 Å². The molecule has 1 radical (unpaired) electrons. The zero-order valence-electron chi connectivity index (χ0n) is 15.9. The fourth-order valence-corrected chi connectivity index (χ4v) is 4.19. The normalized spacial score (nSPS) is 20.3. The molecule has 3 nitrogen and oxygen atoms in total. The Morgan fingerprint density at radius 2 is 1.93 bits per heavy atom. The van der Waals surface area contributed by atoms with Crippen LogP contribution in [-0.4, -0.2) is 28.2 Å². The van der Waals surface area contributed by atoms with Crippen molar-refractivity contribution in [1.29, 1.82) is 0 Å². The summed E-state index contributed by atoms with van der Waals surface area (Å²) in [5, 5.41) is 19.9. The van der Waals surface area contributed by atoms with Gasteiger partial charge in [0.1, 0.15) is 5.75 Å². The predicted octanol–water partition coefficient (Wildman–Crippen LogP) is 5.04. The van der Waals surface area contributed by atoms with Gasteiger partial charge in [-0.25, -0.2) is 0 Å². The Morgan fingerprint density at radius 1 is 1.19 bits per heavy atom. The van der Waals surface area contributed by atoms with Crippen LogP contribution in [0.3, 0.4) is 0 Å². The van der Waals surface area contributed by atoms with Gasteiger partial charge in [-0.05, 0) is 61.1 Å². The summed E-state index contributed by atoms with van der Waals surface area (Å²) in [5.74, 6) is 0.314. The summed E-state index contributed by atoms with van der Waals surface area (Å²) in [7, 11) is 0. The van der Waals surface area contributed by atoms with Gasteiger partial charge in [0.25, 0.3) is 0 Å². The SMILES string of the molecule is CCCC(O)c1ccc(N2CCC(Cl)C2CCc2cccc(O)c2)cc1.[Y]. The van der Waals surface area contributed by atoms with Crippen LogP contribution < -0.4 is 4.90 Å². The van der Waals surface area contributed by atoms with E-state index in [4.69, 9.17) is 11.6 Å². The van der Waals surface area contributed by atoms with E-state index in [0.29, 0.717) is 5.75 Å². The van der Waals surface area contributed by atoms with Gasteiger partial charge in [-0.15, -0.1) is 11.6 Å². The maximum absolute atomic E-state index is 10.1. The van der Waals surface area contributed by atoms with Gasteiger partial charge >= 0.3 is 0 Å². The molecule has 2 aromatic carbocycles. The first kappa shape index (κ1) is 22.7. The molecule has 0 bridgehead atoms. The Kier molecular flexibility index (Phi) is 9.08. The smallest absolute Gasteiger partial charge is 0.115 e. The van der Waals surface area contributed by atoms with Crippen LogP contribution in [0.15, 0.2) is 48.5 Å². The molecule has 143 valence electrons. The van der Waals surface area contributed by atoms with Crippen molar-refractivity contribution in [3.63, 3.8) is 0 Å². The molecule has 1 aliphatic rings. The van der Waals surface area contributed by atoms with Crippen molar-refractivity contribution in [2.24, 2.45) is 0 Å². The quantitative estimate of drug-likeness (QED) is 0.566. The molecule has 0 spiro atoms. The summed E-state index contributed by atoms with van der Waals surface area (Å²) in [5.41, 5.74) is 3.29. The third-order valence-electron chi connectivity index (χ3n) is 5.27. The zero-order chi connectivity index (χ0) is 18.5. The second-order valence-corrected chi connectivity index (χ2v) is 7.73. The van der Waals surface area contributed by atoms with E-state index in [1.54, 1.807) is 6.07 Å². The van der Waals surface area contributed by atoms with Crippen LogP contribution in [0.5, 0.6) is 5.75 Å². The molecule has 5 heteroatoms. The van der Waals surface area contributed by atoms with E-state index in [9.17, 15) is 10.2 Å². The van der Waals surface area contributed by atoms with Gasteiger partial charge in [0.15, 0.2) is 0 Å². The monoisotopic (exact) mass is 462 g/mol. The van der Waals surface area contributed by atoms with Gasteiger partial charge in [0.2, 0.25) is 0 Å². The van der Waals surface area contributed by atoms with Crippen LogP contribution in [0.1, 0.15) is 49.8 Å². The minimum absolute atomic E-state index is 0. The number of aryl methyl sites for hydroxylation is 1. The fraction of sp³-hybridized carbons (Fsp3) is 0.455. The molecule has 3 rings (SSSR count). The number of aromatic hydroxyl groups is 1. The number of aliphatic hydroxyl groups is 1. The maximum atomic E-state index is 10.1. The molecule has 0 amide bonds. The van der Waals surface area contributed by atoms with Gasteiger partial charge in [0, 0.05) is 51.0 Å². The number of anilines is 1. The van der Waals surface area contributed by atoms with E-state index in [0.717, 1.165) is 49.8 Å². The average Bonchev–Trinajstić information content (AvgIpc) is 3.01. The van der Waals surface area contributed by atoms with Crippen molar-refractivity contribution < 1.29 is 42.9 Å². The molecule has 1 aliphatic heterocycles. The van der Waals surface area contributed by atoms with E-state index >= 15 is 0 Å². The molecule has 1 heterocycles. The van der Waals surface area contributed by atoms with Gasteiger partial charge in [-0.1, -0.05) is 37.6 Å². The van der Waals surface area contributed by atoms with Gasteiger partial charge < -0.3 is 15.1 Å². The maximum Gasteiger partial charge on any atom is 0.115 e. The molecule has 27 heavy (non-hydrogen) atoms. The molecular formula is C22H28ClNO2Y. The number of hydrogen-bond acceptors (Lipinski definition) is 3. The topological polar surface area (TPSA) is 43.7 Å². The minimum atomic E-state index is -0.380. The van der Waals surface area contributed by atoms with E-state index in [1.165, 1.54) is 5.69 Å². The number of halogens is 1. The number of hydrogen-bond donors (Lipinski definition) is 2. The van der Waals surface area contributed by atoms with Crippen molar-refractivity contribution in [3.8, 4) is 5.75 Å². The number of phenolic OH excluding ortho intramolecular Hbond substituents is 1. The number of phenols is 1. The summed E-state index contributed by atoms with van der Waals surface area (Å²) < 4.78 is 0. The standard InChI is InChI=1S/C22H28ClNO2.Y/c1-2-4-22(26)17-8-10-18(11-9-17)24-14-13-20(23)21(24)12-7-16-5-3-6-19(25)15-16;/h3,5-6,8-11,15,20-22,25-26H,2,4,7,12-14H2,1H3;. The third kappa shape index (κ3) is 5.93. The van der Waals surface area contributed by atoms with Crippen LogP contribution in [-0.2, 0) is 39.1 Å². The molecule has 3 unspecified atom stereocenters. The summed E-state index contributed by atoms with van der Waals surface area (Å²) in [6.07, 6.45) is 4.21. The Hall–Kier alpha value is -0.606. The summed E-state index contributed by atoms with van der Waals surface area (Å²) in [6.45, 7) is 3.04. The van der Waals surface area contributed by atoms with Crippen LogP contribution >= 0.6 is 11.6 Å². The fourth-order valence-electron chi connectivity index (χ4n) is 3.83. The van der Waals surface area contributed by atoms with Gasteiger partial charge in [-0.3, -0.25) is 0 Å². The first-order valence-electron chi connectivity index (χ1n) is 9.55. The van der Waals surface area contributed by atoms with Gasteiger partial charge in [-0.2, -0.15) is 0 Å². The number of aliphatic hydroxyl groups excluding tert-OH is 1. The molecule has 3 atom stereocenters. The Balaban J connectivity index is 0.00000261. The van der Waals surface area contributed by atoms with Crippen LogP contribution in [0.25, 0.3) is 0 Å². The van der Waals surface area contributed by atoms with Gasteiger partial charge in [0.05, 0.1) is 11.5 Å². The summed E-state index contributed by atoms with van der Waals surface area (Å²) in [6, 6.07) is 16.0. The first-order chi connectivity index (χ1) is 12.6. The molecule has 0 aliphatic carbocycles. The summed E-state index contributed by atoms with van der Waals surface area (Å²) in [4.78, 5) is 2.39. The molecule has 2 N–H and O–H groups in total. The molecule has 2 aromatic rings. The Labute approximate surface area is 192 Å². The molecule has 1 fully saturated rings. The Bertz CT molecular complexity index is 710. The summed E-state index contributed by atoms with van der Waals surface area (Å²) >= 11 is 6.61. The van der Waals surface area contributed by atoms with Crippen molar-refractivity contribution in [2.45, 2.75) is 56.6 Å². The number of alkyl halides is 1. The number of rotatable bonds is 7. The van der Waals surface area contributed by atoms with Crippen LogP contribution in [0, 0.1) is 0 Å². The van der Waals surface area contributed by atoms with Crippen molar-refractivity contribution in [1.82, 2.24) is 0 Å². The number of benzene rings is 2. The van der Waals surface area contributed by atoms with Crippen LogP contribution in [0.2, 0.25) is 0 Å². The first-order valence-corrected chi connectivity index (χ1v) is 9.98. The van der Waals surface area contributed by atoms with E-state index in [-0.39, 0.29) is 50.2 Å². The molecular weight excluding hydrogens is 435 g/mol. The van der Waals surface area contributed by atoms with E-state index in [1.807, 2.05) is 30.3 Å². The van der Waals surface area contributed by atoms with E-state index < -0.39 is 0 Å². The third-order valence-corrected chi connectivity index (χ3v) is 5.78. The van der Waals surface area contributed by atoms with E-state index in [2.05, 4.69) is 24.0 Å².